The number of aromatic nitrogens is 2. The summed E-state index contributed by atoms with van der Waals surface area (Å²) in [6, 6.07) is 16.6. The number of carbonyl (C=O) groups is 1. The molecule has 0 aliphatic carbocycles. The third-order valence-electron chi connectivity index (χ3n) is 6.41. The van der Waals surface area contributed by atoms with Gasteiger partial charge >= 0.3 is 0 Å². The predicted octanol–water partition coefficient (Wildman–Crippen LogP) is 5.87. The van der Waals surface area contributed by atoms with Crippen molar-refractivity contribution in [3.05, 3.63) is 107 Å². The molecule has 0 radical (unpaired) electrons. The quantitative estimate of drug-likeness (QED) is 0.159. The van der Waals surface area contributed by atoms with Crippen molar-refractivity contribution < 1.29 is 31.5 Å². The molecule has 0 aliphatic rings. The van der Waals surface area contributed by atoms with Gasteiger partial charge in [0.15, 0.2) is 5.82 Å². The van der Waals surface area contributed by atoms with Gasteiger partial charge in [-0.05, 0) is 55.0 Å². The van der Waals surface area contributed by atoms with Gasteiger partial charge in [0.1, 0.15) is 23.8 Å². The molecule has 0 spiro atoms. The maximum Gasteiger partial charge on any atom is 0.261 e. The van der Waals surface area contributed by atoms with Crippen LogP contribution in [-0.2, 0) is 14.8 Å². The van der Waals surface area contributed by atoms with E-state index in [1.807, 2.05) is 12.1 Å². The van der Waals surface area contributed by atoms with Crippen LogP contribution in [0.3, 0.4) is 0 Å². The first-order valence-electron chi connectivity index (χ1n) is 12.5. The summed E-state index contributed by atoms with van der Waals surface area (Å²) in [6.07, 6.45) is 2.92. The van der Waals surface area contributed by atoms with Crippen LogP contribution in [0.4, 0.5) is 14.5 Å². The zero-order chi connectivity index (χ0) is 29.1. The van der Waals surface area contributed by atoms with Crippen LogP contribution >= 0.6 is 0 Å². The van der Waals surface area contributed by atoms with Gasteiger partial charge < -0.3 is 14.5 Å². The zero-order valence-corrected chi connectivity index (χ0v) is 22.9. The third-order valence-corrected chi connectivity index (χ3v) is 7.79. The number of aryl methyl sites for hydroxylation is 1. The molecular weight excluding hydrogens is 552 g/mol. The first-order valence-corrected chi connectivity index (χ1v) is 14.0. The Bertz CT molecular complexity index is 1840. The van der Waals surface area contributed by atoms with Crippen molar-refractivity contribution in [3.8, 4) is 16.9 Å². The Labute approximate surface area is 235 Å². The number of nitrogens with one attached hydrogen (secondary N) is 2. The van der Waals surface area contributed by atoms with Gasteiger partial charge in [-0.3, -0.25) is 9.52 Å². The minimum atomic E-state index is -4.20. The van der Waals surface area contributed by atoms with Crippen molar-refractivity contribution in [3.63, 3.8) is 0 Å². The van der Waals surface area contributed by atoms with Crippen molar-refractivity contribution in [1.29, 1.82) is 0 Å². The first kappa shape index (κ1) is 27.9. The van der Waals surface area contributed by atoms with Gasteiger partial charge in [-0.15, -0.1) is 0 Å². The van der Waals surface area contributed by atoms with Crippen molar-refractivity contribution >= 4 is 32.5 Å². The minimum absolute atomic E-state index is 0.0230. The van der Waals surface area contributed by atoms with Crippen LogP contribution in [0, 0.1) is 18.6 Å². The normalized spacial score (nSPS) is 11.5. The number of nitrogens with zero attached hydrogens (tertiary/aromatic N) is 1. The number of hydrogen-bond donors (Lipinski definition) is 2. The van der Waals surface area contributed by atoms with Crippen LogP contribution in [0.5, 0.6) is 5.75 Å². The number of halogens is 2. The molecule has 5 rings (SSSR count). The Morgan fingerprint density at radius 3 is 2.41 bits per heavy atom. The van der Waals surface area contributed by atoms with Crippen LogP contribution in [0.2, 0.25) is 0 Å². The minimum Gasteiger partial charge on any atom is -0.491 e. The van der Waals surface area contributed by atoms with E-state index in [1.54, 1.807) is 50.6 Å². The van der Waals surface area contributed by atoms with E-state index >= 15 is 4.39 Å². The fraction of sp³-hybridized carbons (Fsp3) is 0.133. The molecule has 8 nitrogen and oxygen atoms in total. The van der Waals surface area contributed by atoms with Crippen molar-refractivity contribution in [1.82, 2.24) is 9.97 Å². The molecule has 2 N–H and O–H groups in total. The van der Waals surface area contributed by atoms with E-state index < -0.39 is 38.7 Å². The number of benzene rings is 3. The molecule has 11 heteroatoms. The van der Waals surface area contributed by atoms with E-state index in [2.05, 4.69) is 14.7 Å². The molecule has 0 atom stereocenters. The smallest absolute Gasteiger partial charge is 0.261 e. The first-order chi connectivity index (χ1) is 19.7. The van der Waals surface area contributed by atoms with Crippen LogP contribution in [0.25, 0.3) is 22.2 Å². The number of rotatable bonds is 10. The van der Waals surface area contributed by atoms with E-state index in [1.165, 1.54) is 18.3 Å². The summed E-state index contributed by atoms with van der Waals surface area (Å²) in [5.41, 5.74) is 1.15. The van der Waals surface area contributed by atoms with Gasteiger partial charge in [0, 0.05) is 36.0 Å². The Hall–Kier alpha value is -4.61. The van der Waals surface area contributed by atoms with Gasteiger partial charge in [0.05, 0.1) is 22.8 Å². The molecule has 0 bridgehead atoms. The molecule has 0 unspecified atom stereocenters. The number of ketones is 1. The lowest BCUT2D eigenvalue weighted by atomic mass is 10.00. The SMILES string of the molecule is COCCOc1ccc(-c2cnc3[nH]cc(C(=O)c4c(F)ccc(NS(=O)(=O)c5ccc(C)cc5)c4F)c3c2)cc1. The molecule has 210 valence electrons. The van der Waals surface area contributed by atoms with Gasteiger partial charge in [0.25, 0.3) is 10.0 Å². The lowest BCUT2D eigenvalue weighted by Crippen LogP contribution is -2.16. The number of methoxy groups -OCH3 is 1. The standard InChI is InChI=1S/C30H25F2N3O5S/c1-18-3-9-22(10-4-18)41(37,38)35-26-12-11-25(31)27(28(26)32)29(36)24-17-34-30-23(24)15-20(16-33-30)19-5-7-21(8-6-19)40-14-13-39-2/h3-12,15-17,35H,13-14H2,1-2H3,(H,33,34). The number of fused-ring (bicyclic) bond motifs is 1. The lowest BCUT2D eigenvalue weighted by Gasteiger charge is -2.12. The highest BCUT2D eigenvalue weighted by molar-refractivity contribution is 7.92. The van der Waals surface area contributed by atoms with Crippen molar-refractivity contribution in [2.24, 2.45) is 0 Å². The van der Waals surface area contributed by atoms with Crippen LogP contribution in [0.15, 0.2) is 84.0 Å². The highest BCUT2D eigenvalue weighted by Gasteiger charge is 2.26. The molecule has 2 heterocycles. The van der Waals surface area contributed by atoms with Gasteiger partial charge in [-0.1, -0.05) is 29.8 Å². The average Bonchev–Trinajstić information content (AvgIpc) is 3.39. The fourth-order valence-electron chi connectivity index (χ4n) is 4.23. The second-order valence-corrected chi connectivity index (χ2v) is 10.9. The third kappa shape index (κ3) is 5.81. The molecule has 0 aliphatic heterocycles. The van der Waals surface area contributed by atoms with Crippen molar-refractivity contribution in [2.75, 3.05) is 25.0 Å². The van der Waals surface area contributed by atoms with Crippen LogP contribution < -0.4 is 9.46 Å². The number of H-pyrrole nitrogens is 1. The Kier molecular flexibility index (Phi) is 7.82. The fourth-order valence-corrected chi connectivity index (χ4v) is 5.29. The Morgan fingerprint density at radius 1 is 0.976 bits per heavy atom. The van der Waals surface area contributed by atoms with Gasteiger partial charge in [-0.2, -0.15) is 0 Å². The summed E-state index contributed by atoms with van der Waals surface area (Å²) in [6.45, 7) is 2.65. The van der Waals surface area contributed by atoms with E-state index in [4.69, 9.17) is 9.47 Å². The number of pyridine rings is 1. The maximum absolute atomic E-state index is 15.5. The monoisotopic (exact) mass is 577 g/mol. The average molecular weight is 578 g/mol. The molecule has 3 aromatic carbocycles. The second kappa shape index (κ2) is 11.5. The zero-order valence-electron chi connectivity index (χ0n) is 22.1. The molecule has 41 heavy (non-hydrogen) atoms. The Balaban J connectivity index is 1.46. The highest BCUT2D eigenvalue weighted by atomic mass is 32.2. The summed E-state index contributed by atoms with van der Waals surface area (Å²) in [7, 11) is -2.61. The summed E-state index contributed by atoms with van der Waals surface area (Å²) in [4.78, 5) is 20.6. The molecular formula is C30H25F2N3O5S. The second-order valence-electron chi connectivity index (χ2n) is 9.22. The lowest BCUT2D eigenvalue weighted by molar-refractivity contribution is 0.103. The topological polar surface area (TPSA) is 110 Å². The molecule has 0 amide bonds. The van der Waals surface area contributed by atoms with Crippen LogP contribution in [-0.4, -0.2) is 44.5 Å². The Morgan fingerprint density at radius 2 is 1.71 bits per heavy atom. The molecule has 5 aromatic rings. The van der Waals surface area contributed by atoms with E-state index in [-0.39, 0.29) is 10.5 Å². The van der Waals surface area contributed by atoms with Crippen LogP contribution in [0.1, 0.15) is 21.5 Å². The number of ether oxygens (including phenoxy) is 2. The van der Waals surface area contributed by atoms with Gasteiger partial charge in [-0.25, -0.2) is 22.2 Å². The maximum atomic E-state index is 15.5. The summed E-state index contributed by atoms with van der Waals surface area (Å²) in [5.74, 6) is -2.77. The summed E-state index contributed by atoms with van der Waals surface area (Å²) in [5, 5.41) is 0.345. The van der Waals surface area contributed by atoms with E-state index in [0.717, 1.165) is 23.3 Å². The van der Waals surface area contributed by atoms with Gasteiger partial charge in [0.2, 0.25) is 5.78 Å². The number of sulfonamides is 1. The molecule has 2 aromatic heterocycles. The molecule has 0 saturated heterocycles. The van der Waals surface area contributed by atoms with E-state index in [9.17, 15) is 17.6 Å². The predicted molar refractivity (Wildman–Crippen MR) is 151 cm³/mol. The van der Waals surface area contributed by atoms with Crippen molar-refractivity contribution in [2.45, 2.75) is 11.8 Å². The highest BCUT2D eigenvalue weighted by Crippen LogP contribution is 2.30. The number of hydrogen-bond acceptors (Lipinski definition) is 6. The molecule has 0 fully saturated rings. The summed E-state index contributed by atoms with van der Waals surface area (Å²) < 4.78 is 68.7. The largest absolute Gasteiger partial charge is 0.491 e. The number of anilines is 1. The number of carbonyl (C=O) groups excluding carboxylic acids is 1. The summed E-state index contributed by atoms with van der Waals surface area (Å²) >= 11 is 0. The van der Waals surface area contributed by atoms with E-state index in [0.29, 0.717) is 35.6 Å². The molecule has 0 saturated carbocycles. The number of aromatic amines is 1.